The standard InChI is InChI=1S/C12H15N3O4S/c16-12-7-19-6-11(14-12)10-5-8(3-4-13-10)15-20(17,18)9-1-2-9/h3-5,9,11H,1-2,6-7H2,(H,13,15)(H,14,16). The zero-order valence-electron chi connectivity index (χ0n) is 10.7. The van der Waals surface area contributed by atoms with Gasteiger partial charge in [-0.2, -0.15) is 0 Å². The first-order chi connectivity index (χ1) is 9.54. The largest absolute Gasteiger partial charge is 0.369 e. The predicted molar refractivity (Wildman–Crippen MR) is 71.5 cm³/mol. The number of ether oxygens (including phenoxy) is 1. The van der Waals surface area contributed by atoms with Gasteiger partial charge in [0, 0.05) is 6.20 Å². The second-order valence-corrected chi connectivity index (χ2v) is 6.91. The number of amides is 1. The summed E-state index contributed by atoms with van der Waals surface area (Å²) in [5, 5.41) is 2.47. The minimum Gasteiger partial charge on any atom is -0.369 e. The van der Waals surface area contributed by atoms with Gasteiger partial charge in [-0.05, 0) is 25.0 Å². The van der Waals surface area contributed by atoms with Gasteiger partial charge >= 0.3 is 0 Å². The van der Waals surface area contributed by atoms with E-state index in [0.29, 0.717) is 30.8 Å². The van der Waals surface area contributed by atoms with Gasteiger partial charge in [0.05, 0.1) is 29.3 Å². The van der Waals surface area contributed by atoms with Crippen molar-refractivity contribution in [1.29, 1.82) is 0 Å². The van der Waals surface area contributed by atoms with Crippen LogP contribution in [0.3, 0.4) is 0 Å². The molecule has 1 aliphatic heterocycles. The van der Waals surface area contributed by atoms with Crippen molar-refractivity contribution in [3.63, 3.8) is 0 Å². The van der Waals surface area contributed by atoms with Gasteiger partial charge in [-0.3, -0.25) is 14.5 Å². The average molecular weight is 297 g/mol. The summed E-state index contributed by atoms with van der Waals surface area (Å²) in [4.78, 5) is 15.4. The maximum atomic E-state index is 11.9. The number of hydrogen-bond acceptors (Lipinski definition) is 5. The second kappa shape index (κ2) is 5.02. The van der Waals surface area contributed by atoms with Crippen LogP contribution < -0.4 is 10.0 Å². The molecule has 1 aromatic heterocycles. The molecule has 1 saturated heterocycles. The fraction of sp³-hybridized carbons (Fsp3) is 0.500. The number of nitrogens with one attached hydrogen (secondary N) is 2. The first kappa shape index (κ1) is 13.3. The van der Waals surface area contributed by atoms with Gasteiger partial charge in [0.15, 0.2) is 0 Å². The Bertz CT molecular complexity index is 627. The Labute approximate surface area is 116 Å². The molecule has 1 aromatic rings. The Hall–Kier alpha value is -1.67. The van der Waals surface area contributed by atoms with Crippen molar-refractivity contribution < 1.29 is 17.9 Å². The SMILES string of the molecule is O=C1COCC(c2cc(NS(=O)(=O)C3CC3)ccn2)N1. The summed E-state index contributed by atoms with van der Waals surface area (Å²) in [7, 11) is -3.29. The second-order valence-electron chi connectivity index (χ2n) is 4.95. The number of carbonyl (C=O) groups is 1. The zero-order valence-corrected chi connectivity index (χ0v) is 11.5. The van der Waals surface area contributed by atoms with Crippen LogP contribution in [0.4, 0.5) is 5.69 Å². The van der Waals surface area contributed by atoms with Gasteiger partial charge < -0.3 is 10.1 Å². The third-order valence-corrected chi connectivity index (χ3v) is 5.08. The topological polar surface area (TPSA) is 97.4 Å². The number of aromatic nitrogens is 1. The highest BCUT2D eigenvalue weighted by atomic mass is 32.2. The first-order valence-corrected chi connectivity index (χ1v) is 7.94. The molecule has 108 valence electrons. The summed E-state index contributed by atoms with van der Waals surface area (Å²) >= 11 is 0. The Morgan fingerprint density at radius 3 is 2.90 bits per heavy atom. The van der Waals surface area contributed by atoms with E-state index in [4.69, 9.17) is 4.74 Å². The molecule has 2 fully saturated rings. The third-order valence-electron chi connectivity index (χ3n) is 3.21. The van der Waals surface area contributed by atoms with Crippen LogP contribution >= 0.6 is 0 Å². The number of sulfonamides is 1. The molecule has 3 rings (SSSR count). The molecule has 1 amide bonds. The molecule has 20 heavy (non-hydrogen) atoms. The van der Waals surface area contributed by atoms with Crippen LogP contribution in [-0.2, 0) is 19.6 Å². The lowest BCUT2D eigenvalue weighted by Crippen LogP contribution is -2.40. The van der Waals surface area contributed by atoms with Crippen LogP contribution in [0.25, 0.3) is 0 Å². The van der Waals surface area contributed by atoms with E-state index in [2.05, 4.69) is 15.0 Å². The van der Waals surface area contributed by atoms with E-state index in [-0.39, 0.29) is 23.8 Å². The molecule has 7 nitrogen and oxygen atoms in total. The van der Waals surface area contributed by atoms with E-state index < -0.39 is 10.0 Å². The van der Waals surface area contributed by atoms with Crippen molar-refractivity contribution in [1.82, 2.24) is 10.3 Å². The van der Waals surface area contributed by atoms with Crippen LogP contribution in [0, 0.1) is 0 Å². The van der Waals surface area contributed by atoms with E-state index in [0.717, 1.165) is 0 Å². The van der Waals surface area contributed by atoms with Crippen molar-refractivity contribution in [2.45, 2.75) is 24.1 Å². The molecular formula is C12H15N3O4S. The Kier molecular flexibility index (Phi) is 3.35. The van der Waals surface area contributed by atoms with Crippen LogP contribution in [0.2, 0.25) is 0 Å². The fourth-order valence-electron chi connectivity index (χ4n) is 2.03. The van der Waals surface area contributed by atoms with E-state index >= 15 is 0 Å². The highest BCUT2D eigenvalue weighted by Crippen LogP contribution is 2.30. The Morgan fingerprint density at radius 2 is 2.20 bits per heavy atom. The first-order valence-electron chi connectivity index (χ1n) is 6.39. The highest BCUT2D eigenvalue weighted by Gasteiger charge is 2.35. The number of carbonyl (C=O) groups excluding carboxylic acids is 1. The molecule has 1 saturated carbocycles. The van der Waals surface area contributed by atoms with Gasteiger partial charge in [-0.1, -0.05) is 0 Å². The molecule has 2 N–H and O–H groups in total. The van der Waals surface area contributed by atoms with Crippen molar-refractivity contribution in [3.05, 3.63) is 24.0 Å². The predicted octanol–water partition coefficient (Wildman–Crippen LogP) is 0.173. The van der Waals surface area contributed by atoms with Gasteiger partial charge in [0.1, 0.15) is 6.61 Å². The van der Waals surface area contributed by atoms with Gasteiger partial charge in [0.2, 0.25) is 15.9 Å². The number of pyridine rings is 1. The van der Waals surface area contributed by atoms with Crippen molar-refractivity contribution in [2.75, 3.05) is 17.9 Å². The molecule has 8 heteroatoms. The summed E-state index contributed by atoms with van der Waals surface area (Å²) in [5.74, 6) is -0.202. The van der Waals surface area contributed by atoms with Crippen LogP contribution in [0.5, 0.6) is 0 Å². The van der Waals surface area contributed by atoms with Crippen LogP contribution in [-0.4, -0.2) is 37.8 Å². The van der Waals surface area contributed by atoms with E-state index in [1.54, 1.807) is 12.1 Å². The molecule has 1 unspecified atom stereocenters. The van der Waals surface area contributed by atoms with Crippen LogP contribution in [0.1, 0.15) is 24.6 Å². The monoisotopic (exact) mass is 297 g/mol. The Balaban J connectivity index is 1.77. The third kappa shape index (κ3) is 2.91. The van der Waals surface area contributed by atoms with Gasteiger partial charge in [-0.15, -0.1) is 0 Å². The molecule has 2 heterocycles. The van der Waals surface area contributed by atoms with Crippen LogP contribution in [0.15, 0.2) is 18.3 Å². The normalized spacial score (nSPS) is 23.2. The fourth-order valence-corrected chi connectivity index (χ4v) is 3.41. The molecule has 0 bridgehead atoms. The lowest BCUT2D eigenvalue weighted by Gasteiger charge is -2.23. The van der Waals surface area contributed by atoms with E-state index in [1.807, 2.05) is 0 Å². The summed E-state index contributed by atoms with van der Waals surface area (Å²) in [6, 6.07) is 2.87. The summed E-state index contributed by atoms with van der Waals surface area (Å²) in [5.41, 5.74) is 1.04. The quantitative estimate of drug-likeness (QED) is 0.826. The Morgan fingerprint density at radius 1 is 1.40 bits per heavy atom. The molecule has 1 atom stereocenters. The minimum atomic E-state index is -3.29. The molecule has 1 aliphatic carbocycles. The number of hydrogen-bond donors (Lipinski definition) is 2. The maximum Gasteiger partial charge on any atom is 0.246 e. The lowest BCUT2D eigenvalue weighted by molar-refractivity contribution is -0.131. The maximum absolute atomic E-state index is 11.9. The molecule has 0 aromatic carbocycles. The lowest BCUT2D eigenvalue weighted by atomic mass is 10.1. The van der Waals surface area contributed by atoms with Crippen molar-refractivity contribution in [3.8, 4) is 0 Å². The summed E-state index contributed by atoms with van der Waals surface area (Å²) in [6.07, 6.45) is 2.93. The number of morpholine rings is 1. The van der Waals surface area contributed by atoms with E-state index in [1.165, 1.54) is 6.20 Å². The molecule has 2 aliphatic rings. The van der Waals surface area contributed by atoms with Gasteiger partial charge in [-0.25, -0.2) is 8.42 Å². The van der Waals surface area contributed by atoms with E-state index in [9.17, 15) is 13.2 Å². The van der Waals surface area contributed by atoms with Crippen molar-refractivity contribution >= 4 is 21.6 Å². The number of anilines is 1. The summed E-state index contributed by atoms with van der Waals surface area (Å²) in [6.45, 7) is 0.377. The number of nitrogens with zero attached hydrogens (tertiary/aromatic N) is 1. The number of rotatable bonds is 4. The molecular weight excluding hydrogens is 282 g/mol. The molecule has 0 spiro atoms. The average Bonchev–Trinajstić information content (AvgIpc) is 3.23. The zero-order chi connectivity index (χ0) is 14.2. The van der Waals surface area contributed by atoms with Gasteiger partial charge in [0.25, 0.3) is 0 Å². The van der Waals surface area contributed by atoms with Crippen molar-refractivity contribution in [2.24, 2.45) is 0 Å². The summed E-state index contributed by atoms with van der Waals surface area (Å²) < 4.78 is 31.4. The highest BCUT2D eigenvalue weighted by molar-refractivity contribution is 7.93. The molecule has 0 radical (unpaired) electrons. The smallest absolute Gasteiger partial charge is 0.246 e. The minimum absolute atomic E-state index is 0.0461.